The van der Waals surface area contributed by atoms with Crippen LogP contribution < -0.4 is 5.32 Å². The smallest absolute Gasteiger partial charge is 0.277 e. The molecule has 0 fully saturated rings. The first-order chi connectivity index (χ1) is 14.2. The zero-order valence-corrected chi connectivity index (χ0v) is 16.8. The summed E-state index contributed by atoms with van der Waals surface area (Å²) in [5.74, 6) is 0.944. The van der Waals surface area contributed by atoms with E-state index in [4.69, 9.17) is 16.0 Å². The Balaban J connectivity index is 1.35. The maximum atomic E-state index is 12.3. The van der Waals surface area contributed by atoms with Crippen molar-refractivity contribution in [3.63, 3.8) is 0 Å². The molecule has 0 aliphatic rings. The van der Waals surface area contributed by atoms with Crippen LogP contribution in [0.3, 0.4) is 0 Å². The van der Waals surface area contributed by atoms with Crippen LogP contribution in [0, 0.1) is 0 Å². The monoisotopic (exact) mass is 421 g/mol. The molecule has 4 rings (SSSR count). The molecule has 0 bridgehead atoms. The van der Waals surface area contributed by atoms with Gasteiger partial charge in [-0.05, 0) is 48.0 Å². The molecule has 29 heavy (non-hydrogen) atoms. The zero-order chi connectivity index (χ0) is 20.1. The molecule has 0 aliphatic heterocycles. The Morgan fingerprint density at radius 1 is 0.966 bits per heavy atom. The van der Waals surface area contributed by atoms with Crippen LogP contribution in [-0.4, -0.2) is 16.1 Å². The van der Waals surface area contributed by atoms with Crippen molar-refractivity contribution >= 4 is 35.0 Å². The van der Waals surface area contributed by atoms with Gasteiger partial charge in [-0.25, -0.2) is 0 Å². The van der Waals surface area contributed by atoms with Crippen LogP contribution >= 0.6 is 23.4 Å². The van der Waals surface area contributed by atoms with Crippen molar-refractivity contribution in [2.24, 2.45) is 0 Å². The molecule has 4 aromatic rings. The lowest BCUT2D eigenvalue weighted by molar-refractivity contribution is 0.102. The summed E-state index contributed by atoms with van der Waals surface area (Å²) < 4.78 is 5.69. The highest BCUT2D eigenvalue weighted by molar-refractivity contribution is 7.98. The second kappa shape index (κ2) is 8.94. The highest BCUT2D eigenvalue weighted by atomic mass is 35.5. The Morgan fingerprint density at radius 3 is 2.52 bits per heavy atom. The topological polar surface area (TPSA) is 68.0 Å². The van der Waals surface area contributed by atoms with Gasteiger partial charge in [0, 0.05) is 27.6 Å². The van der Waals surface area contributed by atoms with Gasteiger partial charge in [0.2, 0.25) is 5.89 Å². The van der Waals surface area contributed by atoms with Gasteiger partial charge >= 0.3 is 0 Å². The molecule has 1 amide bonds. The molecular formula is C22H16ClN3O2S. The first kappa shape index (κ1) is 19.2. The number of amides is 1. The Kier molecular flexibility index (Phi) is 5.93. The summed E-state index contributed by atoms with van der Waals surface area (Å²) >= 11 is 7.44. The molecule has 0 spiro atoms. The summed E-state index contributed by atoms with van der Waals surface area (Å²) in [7, 11) is 0. The van der Waals surface area contributed by atoms with Gasteiger partial charge in [0.25, 0.3) is 11.1 Å². The molecule has 0 saturated heterocycles. The first-order valence-electron chi connectivity index (χ1n) is 8.85. The molecule has 0 saturated carbocycles. The van der Waals surface area contributed by atoms with E-state index in [1.54, 1.807) is 24.3 Å². The summed E-state index contributed by atoms with van der Waals surface area (Å²) in [6.45, 7) is 0. The molecule has 5 nitrogen and oxygen atoms in total. The first-order valence-corrected chi connectivity index (χ1v) is 10.2. The Morgan fingerprint density at radius 2 is 1.76 bits per heavy atom. The highest BCUT2D eigenvalue weighted by Crippen LogP contribution is 2.27. The number of nitrogens with one attached hydrogen (secondary N) is 1. The van der Waals surface area contributed by atoms with E-state index in [0.29, 0.717) is 27.5 Å². The molecule has 1 aromatic heterocycles. The lowest BCUT2D eigenvalue weighted by Gasteiger charge is -2.06. The number of aromatic nitrogens is 2. The standard InChI is InChI=1S/C22H16ClN3O2S/c23-18-6-4-5-17(13-18)21-25-26-22(28-21)29-14-15-9-11-16(12-10-15)20(27)24-19-7-2-1-3-8-19/h1-13H,14H2,(H,24,27). The second-order valence-electron chi connectivity index (χ2n) is 6.19. The Hall–Kier alpha value is -3.09. The number of anilines is 1. The van der Waals surface area contributed by atoms with E-state index in [1.165, 1.54) is 11.8 Å². The van der Waals surface area contributed by atoms with E-state index in [0.717, 1.165) is 16.8 Å². The van der Waals surface area contributed by atoms with Gasteiger partial charge in [-0.1, -0.05) is 59.8 Å². The van der Waals surface area contributed by atoms with E-state index >= 15 is 0 Å². The molecular weight excluding hydrogens is 406 g/mol. The number of nitrogens with zero attached hydrogens (tertiary/aromatic N) is 2. The van der Waals surface area contributed by atoms with Gasteiger partial charge in [0.1, 0.15) is 0 Å². The molecule has 0 radical (unpaired) electrons. The fourth-order valence-corrected chi connectivity index (χ4v) is 3.54. The number of halogens is 1. The van der Waals surface area contributed by atoms with Crippen LogP contribution in [0.1, 0.15) is 15.9 Å². The maximum Gasteiger partial charge on any atom is 0.277 e. The van der Waals surface area contributed by atoms with Crippen molar-refractivity contribution in [2.45, 2.75) is 11.0 Å². The van der Waals surface area contributed by atoms with E-state index in [2.05, 4.69) is 15.5 Å². The number of carbonyl (C=O) groups is 1. The third kappa shape index (κ3) is 5.04. The summed E-state index contributed by atoms with van der Waals surface area (Å²) in [6.07, 6.45) is 0. The fourth-order valence-electron chi connectivity index (χ4n) is 2.63. The van der Waals surface area contributed by atoms with Crippen molar-refractivity contribution < 1.29 is 9.21 Å². The number of hydrogen-bond donors (Lipinski definition) is 1. The average molecular weight is 422 g/mol. The summed E-state index contributed by atoms with van der Waals surface area (Å²) in [5.41, 5.74) is 3.20. The largest absolute Gasteiger partial charge is 0.411 e. The molecule has 1 heterocycles. The van der Waals surface area contributed by atoms with Gasteiger partial charge in [0.05, 0.1) is 0 Å². The van der Waals surface area contributed by atoms with Crippen LogP contribution in [-0.2, 0) is 5.75 Å². The van der Waals surface area contributed by atoms with Crippen molar-refractivity contribution in [3.05, 3.63) is 95.0 Å². The molecule has 3 aromatic carbocycles. The van der Waals surface area contributed by atoms with Crippen LogP contribution in [0.25, 0.3) is 11.5 Å². The average Bonchev–Trinajstić information content (AvgIpc) is 3.22. The third-order valence-electron chi connectivity index (χ3n) is 4.09. The molecule has 0 atom stereocenters. The quantitative estimate of drug-likeness (QED) is 0.390. The SMILES string of the molecule is O=C(Nc1ccccc1)c1ccc(CSc2nnc(-c3cccc(Cl)c3)o2)cc1. The lowest BCUT2D eigenvalue weighted by Crippen LogP contribution is -2.11. The molecule has 144 valence electrons. The predicted octanol–water partition coefficient (Wildman–Crippen LogP) is 5.93. The lowest BCUT2D eigenvalue weighted by atomic mass is 10.1. The van der Waals surface area contributed by atoms with Crippen LogP contribution in [0.5, 0.6) is 0 Å². The minimum atomic E-state index is -0.140. The Labute approximate surface area is 177 Å². The summed E-state index contributed by atoms with van der Waals surface area (Å²) in [5, 5.41) is 12.1. The zero-order valence-electron chi connectivity index (χ0n) is 15.2. The Bertz CT molecular complexity index is 1110. The molecule has 0 unspecified atom stereocenters. The number of rotatable bonds is 6. The minimum absolute atomic E-state index is 0.140. The minimum Gasteiger partial charge on any atom is -0.411 e. The normalized spacial score (nSPS) is 10.7. The third-order valence-corrected chi connectivity index (χ3v) is 5.21. The summed E-state index contributed by atoms with van der Waals surface area (Å²) in [6, 6.07) is 24.1. The van der Waals surface area contributed by atoms with Crippen molar-refractivity contribution in [1.29, 1.82) is 0 Å². The molecule has 7 heteroatoms. The van der Waals surface area contributed by atoms with E-state index in [9.17, 15) is 4.79 Å². The van der Waals surface area contributed by atoms with Crippen molar-refractivity contribution in [2.75, 3.05) is 5.32 Å². The number of benzene rings is 3. The van der Waals surface area contributed by atoms with Gasteiger partial charge in [-0.15, -0.1) is 10.2 Å². The highest BCUT2D eigenvalue weighted by Gasteiger charge is 2.10. The van der Waals surface area contributed by atoms with Crippen LogP contribution in [0.15, 0.2) is 88.5 Å². The van der Waals surface area contributed by atoms with Crippen molar-refractivity contribution in [1.82, 2.24) is 10.2 Å². The van der Waals surface area contributed by atoms with E-state index in [-0.39, 0.29) is 5.91 Å². The van der Waals surface area contributed by atoms with Gasteiger partial charge in [-0.3, -0.25) is 4.79 Å². The van der Waals surface area contributed by atoms with E-state index in [1.807, 2.05) is 54.6 Å². The second-order valence-corrected chi connectivity index (χ2v) is 7.55. The van der Waals surface area contributed by atoms with Crippen LogP contribution in [0.4, 0.5) is 5.69 Å². The van der Waals surface area contributed by atoms with Gasteiger partial charge < -0.3 is 9.73 Å². The number of para-hydroxylation sites is 1. The van der Waals surface area contributed by atoms with Crippen molar-refractivity contribution in [3.8, 4) is 11.5 Å². The molecule has 1 N–H and O–H groups in total. The fraction of sp³-hybridized carbons (Fsp3) is 0.0455. The number of hydrogen-bond acceptors (Lipinski definition) is 5. The maximum absolute atomic E-state index is 12.3. The van der Waals surface area contributed by atoms with Gasteiger partial charge in [-0.2, -0.15) is 0 Å². The summed E-state index contributed by atoms with van der Waals surface area (Å²) in [4.78, 5) is 12.3. The van der Waals surface area contributed by atoms with Crippen LogP contribution in [0.2, 0.25) is 5.02 Å². The number of carbonyl (C=O) groups excluding carboxylic acids is 1. The number of thioether (sulfide) groups is 1. The van der Waals surface area contributed by atoms with Gasteiger partial charge in [0.15, 0.2) is 0 Å². The molecule has 0 aliphatic carbocycles. The van der Waals surface area contributed by atoms with E-state index < -0.39 is 0 Å². The predicted molar refractivity (Wildman–Crippen MR) is 115 cm³/mol.